The van der Waals surface area contributed by atoms with Gasteiger partial charge in [0, 0.05) is 38.5 Å². The second-order valence-corrected chi connectivity index (χ2v) is 6.71. The summed E-state index contributed by atoms with van der Waals surface area (Å²) in [4.78, 5) is 14.4. The van der Waals surface area contributed by atoms with Crippen molar-refractivity contribution in [3.05, 3.63) is 53.8 Å². The van der Waals surface area contributed by atoms with Crippen LogP contribution in [0.15, 0.2) is 42.5 Å². The molecular formula is C20H22FN3O2. The lowest BCUT2D eigenvalue weighted by molar-refractivity contribution is -0.116. The number of hydrogen-bond donors (Lipinski definition) is 2. The molecule has 1 saturated heterocycles. The van der Waals surface area contributed by atoms with Gasteiger partial charge in [0.1, 0.15) is 11.6 Å². The Morgan fingerprint density at radius 3 is 3.04 bits per heavy atom. The quantitative estimate of drug-likeness (QED) is 0.885. The van der Waals surface area contributed by atoms with Crippen molar-refractivity contribution in [1.29, 1.82) is 0 Å². The fraction of sp³-hybridized carbons (Fsp3) is 0.350. The van der Waals surface area contributed by atoms with E-state index in [1.54, 1.807) is 6.07 Å². The van der Waals surface area contributed by atoms with Crippen LogP contribution in [-0.4, -0.2) is 38.2 Å². The number of hydrogen-bond acceptors (Lipinski definition) is 4. The Morgan fingerprint density at radius 2 is 2.15 bits per heavy atom. The van der Waals surface area contributed by atoms with Crippen molar-refractivity contribution in [2.24, 2.45) is 0 Å². The van der Waals surface area contributed by atoms with Gasteiger partial charge >= 0.3 is 0 Å². The molecule has 1 amide bonds. The van der Waals surface area contributed by atoms with E-state index in [4.69, 9.17) is 4.74 Å². The Bertz CT molecular complexity index is 811. The number of halogens is 1. The van der Waals surface area contributed by atoms with Gasteiger partial charge in [0.05, 0.1) is 24.0 Å². The zero-order chi connectivity index (χ0) is 17.9. The molecule has 2 aromatic carbocycles. The number of rotatable bonds is 4. The summed E-state index contributed by atoms with van der Waals surface area (Å²) in [6.07, 6.45) is 1.12. The fourth-order valence-corrected chi connectivity index (χ4v) is 3.60. The maximum atomic E-state index is 13.2. The van der Waals surface area contributed by atoms with Crippen LogP contribution in [0.4, 0.5) is 15.8 Å². The lowest BCUT2D eigenvalue weighted by Crippen LogP contribution is -2.51. The summed E-state index contributed by atoms with van der Waals surface area (Å²) in [6.45, 7) is 3.03. The van der Waals surface area contributed by atoms with Gasteiger partial charge in [0.2, 0.25) is 5.91 Å². The van der Waals surface area contributed by atoms with Crippen molar-refractivity contribution in [2.45, 2.75) is 18.9 Å². The van der Waals surface area contributed by atoms with Gasteiger partial charge in [-0.2, -0.15) is 0 Å². The molecule has 1 unspecified atom stereocenters. The summed E-state index contributed by atoms with van der Waals surface area (Å²) in [5, 5.41) is 6.34. The van der Waals surface area contributed by atoms with Gasteiger partial charge in [-0.3, -0.25) is 4.79 Å². The average molecular weight is 355 g/mol. The maximum absolute atomic E-state index is 13.2. The SMILES string of the molecule is O=C1CC2CNCCN2c2cc(OCCc3cccc(F)c3)ccc2N1. The molecule has 5 nitrogen and oxygen atoms in total. The van der Waals surface area contributed by atoms with E-state index in [0.717, 1.165) is 42.3 Å². The second-order valence-electron chi connectivity index (χ2n) is 6.71. The van der Waals surface area contributed by atoms with Crippen LogP contribution in [0.2, 0.25) is 0 Å². The Morgan fingerprint density at radius 1 is 1.23 bits per heavy atom. The van der Waals surface area contributed by atoms with Crippen LogP contribution in [0.3, 0.4) is 0 Å². The minimum Gasteiger partial charge on any atom is -0.493 e. The highest BCUT2D eigenvalue weighted by molar-refractivity contribution is 5.97. The van der Waals surface area contributed by atoms with Gasteiger partial charge in [-0.25, -0.2) is 4.39 Å². The van der Waals surface area contributed by atoms with Gasteiger partial charge in [0.25, 0.3) is 0 Å². The van der Waals surface area contributed by atoms with Crippen molar-refractivity contribution in [2.75, 3.05) is 36.5 Å². The van der Waals surface area contributed by atoms with Gasteiger partial charge in [-0.1, -0.05) is 12.1 Å². The number of fused-ring (bicyclic) bond motifs is 3. The predicted octanol–water partition coefficient (Wildman–Crippen LogP) is 2.57. The van der Waals surface area contributed by atoms with Crippen molar-refractivity contribution in [3.8, 4) is 5.75 Å². The third-order valence-electron chi connectivity index (χ3n) is 4.87. The van der Waals surface area contributed by atoms with Gasteiger partial charge in [-0.15, -0.1) is 0 Å². The highest BCUT2D eigenvalue weighted by atomic mass is 19.1. The van der Waals surface area contributed by atoms with E-state index in [1.807, 2.05) is 24.3 Å². The number of carbonyl (C=O) groups is 1. The zero-order valence-corrected chi connectivity index (χ0v) is 14.5. The van der Waals surface area contributed by atoms with Crippen LogP contribution in [0.5, 0.6) is 5.75 Å². The molecule has 136 valence electrons. The van der Waals surface area contributed by atoms with Crippen LogP contribution < -0.4 is 20.3 Å². The van der Waals surface area contributed by atoms with E-state index < -0.39 is 0 Å². The van der Waals surface area contributed by atoms with Crippen LogP contribution in [0, 0.1) is 5.82 Å². The van der Waals surface area contributed by atoms with Gasteiger partial charge in [0.15, 0.2) is 0 Å². The predicted molar refractivity (Wildman–Crippen MR) is 99.3 cm³/mol. The number of piperazine rings is 1. The molecule has 2 aliphatic heterocycles. The molecule has 1 atom stereocenters. The zero-order valence-electron chi connectivity index (χ0n) is 14.5. The molecule has 26 heavy (non-hydrogen) atoms. The molecule has 2 aliphatic rings. The van der Waals surface area contributed by atoms with Crippen molar-refractivity contribution < 1.29 is 13.9 Å². The Kier molecular flexibility index (Phi) is 4.75. The molecule has 0 saturated carbocycles. The first-order valence-corrected chi connectivity index (χ1v) is 8.97. The third kappa shape index (κ3) is 3.65. The standard InChI is InChI=1S/C20H22FN3O2/c21-15-3-1-2-14(10-15)6-9-26-17-4-5-18-19(12-17)24-8-7-22-13-16(24)11-20(25)23-18/h1-5,10,12,16,22H,6-9,11,13H2,(H,23,25). The molecule has 0 radical (unpaired) electrons. The van der Waals surface area contributed by atoms with Crippen molar-refractivity contribution >= 4 is 17.3 Å². The Hall–Kier alpha value is -2.60. The number of anilines is 2. The number of ether oxygens (including phenoxy) is 1. The molecular weight excluding hydrogens is 333 g/mol. The van der Waals surface area contributed by atoms with Crippen LogP contribution in [0.25, 0.3) is 0 Å². The molecule has 1 fully saturated rings. The maximum Gasteiger partial charge on any atom is 0.226 e. The lowest BCUT2D eigenvalue weighted by atomic mass is 10.1. The number of nitrogens with one attached hydrogen (secondary N) is 2. The smallest absolute Gasteiger partial charge is 0.226 e. The van der Waals surface area contributed by atoms with E-state index in [9.17, 15) is 9.18 Å². The fourth-order valence-electron chi connectivity index (χ4n) is 3.60. The Labute approximate surface area is 152 Å². The molecule has 0 aromatic heterocycles. The monoisotopic (exact) mass is 355 g/mol. The summed E-state index contributed by atoms with van der Waals surface area (Å²) in [7, 11) is 0. The molecule has 2 aromatic rings. The topological polar surface area (TPSA) is 53.6 Å². The van der Waals surface area contributed by atoms with Gasteiger partial charge < -0.3 is 20.3 Å². The number of nitrogens with zero attached hydrogens (tertiary/aromatic N) is 1. The highest BCUT2D eigenvalue weighted by Gasteiger charge is 2.30. The lowest BCUT2D eigenvalue weighted by Gasteiger charge is -2.36. The minimum absolute atomic E-state index is 0.0437. The first-order chi connectivity index (χ1) is 12.7. The van der Waals surface area contributed by atoms with E-state index in [0.29, 0.717) is 19.4 Å². The molecule has 2 heterocycles. The molecule has 6 heteroatoms. The average Bonchev–Trinajstić information content (AvgIpc) is 2.77. The van der Waals surface area contributed by atoms with Crippen LogP contribution in [0.1, 0.15) is 12.0 Å². The highest BCUT2D eigenvalue weighted by Crippen LogP contribution is 2.35. The Balaban J connectivity index is 1.49. The van der Waals surface area contributed by atoms with Gasteiger partial charge in [-0.05, 0) is 29.8 Å². The first-order valence-electron chi connectivity index (χ1n) is 8.97. The summed E-state index contributed by atoms with van der Waals surface area (Å²) >= 11 is 0. The molecule has 0 aliphatic carbocycles. The normalized spacial score (nSPS) is 19.2. The van der Waals surface area contributed by atoms with E-state index >= 15 is 0 Å². The molecule has 0 bridgehead atoms. The third-order valence-corrected chi connectivity index (χ3v) is 4.87. The molecule has 2 N–H and O–H groups in total. The van der Waals surface area contributed by atoms with E-state index in [-0.39, 0.29) is 17.8 Å². The van der Waals surface area contributed by atoms with E-state index in [2.05, 4.69) is 15.5 Å². The molecule has 0 spiro atoms. The summed E-state index contributed by atoms with van der Waals surface area (Å²) in [6, 6.07) is 12.5. The minimum atomic E-state index is -0.229. The van der Waals surface area contributed by atoms with E-state index in [1.165, 1.54) is 12.1 Å². The molecule has 4 rings (SSSR count). The van der Waals surface area contributed by atoms with Crippen LogP contribution >= 0.6 is 0 Å². The first kappa shape index (κ1) is 16.8. The van der Waals surface area contributed by atoms with Crippen molar-refractivity contribution in [1.82, 2.24) is 5.32 Å². The largest absolute Gasteiger partial charge is 0.493 e. The summed E-state index contributed by atoms with van der Waals surface area (Å²) in [5.74, 6) is 0.573. The van der Waals surface area contributed by atoms with Crippen molar-refractivity contribution in [3.63, 3.8) is 0 Å². The summed E-state index contributed by atoms with van der Waals surface area (Å²) in [5.41, 5.74) is 2.75. The number of amides is 1. The number of benzene rings is 2. The second kappa shape index (κ2) is 7.33. The summed E-state index contributed by atoms with van der Waals surface area (Å²) < 4.78 is 19.1. The number of carbonyl (C=O) groups excluding carboxylic acids is 1. The van der Waals surface area contributed by atoms with Crippen LogP contribution in [-0.2, 0) is 11.2 Å².